The van der Waals surface area contributed by atoms with Gasteiger partial charge in [0.25, 0.3) is 0 Å². The van der Waals surface area contributed by atoms with E-state index in [1.165, 1.54) is 25.7 Å². The van der Waals surface area contributed by atoms with Gasteiger partial charge in [-0.3, -0.25) is 0 Å². The highest BCUT2D eigenvalue weighted by molar-refractivity contribution is 4.85. The van der Waals surface area contributed by atoms with Crippen molar-refractivity contribution < 1.29 is 0 Å². The summed E-state index contributed by atoms with van der Waals surface area (Å²) in [4.78, 5) is 2.61. The molecule has 1 rings (SSSR count). The number of rotatable bonds is 5. The smallest absolute Gasteiger partial charge is 0.0110 e. The van der Waals surface area contributed by atoms with E-state index in [0.29, 0.717) is 6.04 Å². The maximum atomic E-state index is 3.61. The molecule has 0 aromatic rings. The maximum Gasteiger partial charge on any atom is 0.0110 e. The van der Waals surface area contributed by atoms with Gasteiger partial charge in [-0.2, -0.15) is 0 Å². The molecule has 0 radical (unpaired) electrons. The van der Waals surface area contributed by atoms with Crippen molar-refractivity contribution in [1.82, 2.24) is 10.2 Å². The molecule has 0 aromatic carbocycles. The van der Waals surface area contributed by atoms with Crippen LogP contribution >= 0.6 is 0 Å². The Morgan fingerprint density at radius 1 is 1.25 bits per heavy atom. The highest BCUT2D eigenvalue weighted by Crippen LogP contribution is 2.25. The van der Waals surface area contributed by atoms with Crippen molar-refractivity contribution in [2.24, 2.45) is 5.92 Å². The second-order valence-electron chi connectivity index (χ2n) is 5.73. The second kappa shape index (κ2) is 6.61. The molecule has 0 spiro atoms. The van der Waals surface area contributed by atoms with Crippen molar-refractivity contribution in [3.63, 3.8) is 0 Å². The van der Waals surface area contributed by atoms with Crippen molar-refractivity contribution in [1.29, 1.82) is 0 Å². The van der Waals surface area contributed by atoms with Crippen molar-refractivity contribution in [3.8, 4) is 0 Å². The first-order valence-corrected chi connectivity index (χ1v) is 7.01. The number of hydrogen-bond donors (Lipinski definition) is 1. The van der Waals surface area contributed by atoms with Crippen LogP contribution in [0.1, 0.15) is 53.4 Å². The summed E-state index contributed by atoms with van der Waals surface area (Å²) in [5.41, 5.74) is 0. The largest absolute Gasteiger partial charge is 0.314 e. The molecule has 0 saturated heterocycles. The Bertz CT molecular complexity index is 189. The van der Waals surface area contributed by atoms with Gasteiger partial charge in [-0.15, -0.1) is 0 Å². The molecule has 1 aliphatic rings. The Morgan fingerprint density at radius 2 is 1.94 bits per heavy atom. The summed E-state index contributed by atoms with van der Waals surface area (Å²) in [6.07, 6.45) is 5.47. The van der Waals surface area contributed by atoms with E-state index in [1.54, 1.807) is 0 Å². The predicted octanol–water partition coefficient (Wildman–Crippen LogP) is 2.88. The summed E-state index contributed by atoms with van der Waals surface area (Å²) >= 11 is 0. The van der Waals surface area contributed by atoms with Gasteiger partial charge < -0.3 is 10.2 Å². The summed E-state index contributed by atoms with van der Waals surface area (Å²) in [6.45, 7) is 10.3. The van der Waals surface area contributed by atoms with Crippen LogP contribution in [-0.4, -0.2) is 36.6 Å². The van der Waals surface area contributed by atoms with Crippen molar-refractivity contribution in [2.45, 2.75) is 71.5 Å². The lowest BCUT2D eigenvalue weighted by Crippen LogP contribution is -2.47. The lowest BCUT2D eigenvalue weighted by Gasteiger charge is -2.40. The molecule has 0 heterocycles. The highest BCUT2D eigenvalue weighted by Gasteiger charge is 2.27. The fourth-order valence-electron chi connectivity index (χ4n) is 2.81. The van der Waals surface area contributed by atoms with Crippen LogP contribution < -0.4 is 5.32 Å². The number of nitrogens with one attached hydrogen (secondary N) is 1. The average molecular weight is 226 g/mol. The normalized spacial score (nSPS) is 28.7. The fourth-order valence-corrected chi connectivity index (χ4v) is 2.81. The Morgan fingerprint density at radius 3 is 2.50 bits per heavy atom. The summed E-state index contributed by atoms with van der Waals surface area (Å²) in [6, 6.07) is 2.24. The molecule has 1 fully saturated rings. The lowest BCUT2D eigenvalue weighted by molar-refractivity contribution is 0.107. The van der Waals surface area contributed by atoms with Crippen LogP contribution in [-0.2, 0) is 0 Å². The third-order valence-electron chi connectivity index (χ3n) is 4.32. The first-order chi connectivity index (χ1) is 7.56. The zero-order valence-electron chi connectivity index (χ0n) is 11.8. The molecular formula is C14H30N2. The first-order valence-electron chi connectivity index (χ1n) is 7.01. The summed E-state index contributed by atoms with van der Waals surface area (Å²) in [7, 11) is 2.31. The van der Waals surface area contributed by atoms with Gasteiger partial charge in [0.2, 0.25) is 0 Å². The Labute approximate surface area is 102 Å². The molecule has 3 atom stereocenters. The predicted molar refractivity (Wildman–Crippen MR) is 71.8 cm³/mol. The molecule has 1 saturated carbocycles. The van der Waals surface area contributed by atoms with Gasteiger partial charge in [-0.1, -0.05) is 27.2 Å². The molecule has 0 aromatic heterocycles. The Hall–Kier alpha value is -0.0800. The van der Waals surface area contributed by atoms with Gasteiger partial charge in [0.15, 0.2) is 0 Å². The molecule has 2 heteroatoms. The van der Waals surface area contributed by atoms with Crippen molar-refractivity contribution in [2.75, 3.05) is 13.6 Å². The van der Waals surface area contributed by atoms with E-state index < -0.39 is 0 Å². The monoisotopic (exact) mass is 226 g/mol. The SMILES string of the molecule is CCNC1CCCC(N(C)C(C)C(C)C)C1. The minimum Gasteiger partial charge on any atom is -0.314 e. The highest BCUT2D eigenvalue weighted by atomic mass is 15.2. The van der Waals surface area contributed by atoms with Gasteiger partial charge in [0, 0.05) is 18.1 Å². The third kappa shape index (κ3) is 3.74. The lowest BCUT2D eigenvalue weighted by atomic mass is 9.88. The second-order valence-corrected chi connectivity index (χ2v) is 5.73. The van der Waals surface area contributed by atoms with Gasteiger partial charge in [-0.25, -0.2) is 0 Å². The number of nitrogens with zero attached hydrogens (tertiary/aromatic N) is 1. The molecule has 0 amide bonds. The molecule has 16 heavy (non-hydrogen) atoms. The van der Waals surface area contributed by atoms with E-state index in [-0.39, 0.29) is 0 Å². The minimum atomic E-state index is 0.699. The van der Waals surface area contributed by atoms with Crippen LogP contribution in [0.5, 0.6) is 0 Å². The Balaban J connectivity index is 2.46. The van der Waals surface area contributed by atoms with Gasteiger partial charge in [-0.05, 0) is 45.7 Å². The van der Waals surface area contributed by atoms with E-state index in [0.717, 1.165) is 24.5 Å². The molecule has 1 aliphatic carbocycles. The molecule has 1 N–H and O–H groups in total. The van der Waals surface area contributed by atoms with Crippen LogP contribution in [0.3, 0.4) is 0 Å². The van der Waals surface area contributed by atoms with Crippen molar-refractivity contribution in [3.05, 3.63) is 0 Å². The standard InChI is InChI=1S/C14H30N2/c1-6-15-13-8-7-9-14(10-13)16(5)12(4)11(2)3/h11-15H,6-10H2,1-5H3. The summed E-state index contributed by atoms with van der Waals surface area (Å²) in [5.74, 6) is 0.754. The number of hydrogen-bond acceptors (Lipinski definition) is 2. The van der Waals surface area contributed by atoms with E-state index in [1.807, 2.05) is 0 Å². The molecule has 2 nitrogen and oxygen atoms in total. The third-order valence-corrected chi connectivity index (χ3v) is 4.32. The van der Waals surface area contributed by atoms with Crippen LogP contribution in [0.2, 0.25) is 0 Å². The van der Waals surface area contributed by atoms with Gasteiger partial charge in [0.1, 0.15) is 0 Å². The zero-order valence-corrected chi connectivity index (χ0v) is 11.8. The fraction of sp³-hybridized carbons (Fsp3) is 1.00. The molecule has 0 bridgehead atoms. The van der Waals surface area contributed by atoms with Gasteiger partial charge in [0.05, 0.1) is 0 Å². The maximum absolute atomic E-state index is 3.61. The average Bonchev–Trinajstić information content (AvgIpc) is 2.28. The molecule has 96 valence electrons. The summed E-state index contributed by atoms with van der Waals surface area (Å²) in [5, 5.41) is 3.61. The zero-order chi connectivity index (χ0) is 12.1. The van der Waals surface area contributed by atoms with Gasteiger partial charge >= 0.3 is 0 Å². The molecular weight excluding hydrogens is 196 g/mol. The topological polar surface area (TPSA) is 15.3 Å². The quantitative estimate of drug-likeness (QED) is 0.775. The molecule has 0 aliphatic heterocycles. The van der Waals surface area contributed by atoms with Crippen LogP contribution in [0, 0.1) is 5.92 Å². The van der Waals surface area contributed by atoms with Crippen LogP contribution in [0.15, 0.2) is 0 Å². The van der Waals surface area contributed by atoms with E-state index >= 15 is 0 Å². The Kier molecular flexibility index (Phi) is 5.77. The van der Waals surface area contributed by atoms with E-state index in [9.17, 15) is 0 Å². The van der Waals surface area contributed by atoms with Crippen LogP contribution in [0.25, 0.3) is 0 Å². The first kappa shape index (κ1) is 14.0. The van der Waals surface area contributed by atoms with E-state index in [4.69, 9.17) is 0 Å². The summed E-state index contributed by atoms with van der Waals surface area (Å²) < 4.78 is 0. The van der Waals surface area contributed by atoms with Crippen molar-refractivity contribution >= 4 is 0 Å². The van der Waals surface area contributed by atoms with E-state index in [2.05, 4.69) is 45.0 Å². The van der Waals surface area contributed by atoms with Crippen LogP contribution in [0.4, 0.5) is 0 Å². The molecule has 3 unspecified atom stereocenters. The minimum absolute atomic E-state index is 0.699.